The van der Waals surface area contributed by atoms with Crippen molar-refractivity contribution in [1.82, 2.24) is 9.78 Å². The summed E-state index contributed by atoms with van der Waals surface area (Å²) in [5.74, 6) is 0.0186. The van der Waals surface area contributed by atoms with Gasteiger partial charge in [0.1, 0.15) is 16.7 Å². The van der Waals surface area contributed by atoms with Gasteiger partial charge in [-0.15, -0.1) is 0 Å². The molecule has 0 saturated carbocycles. The molecule has 0 aliphatic rings. The Labute approximate surface area is 132 Å². The molecule has 0 aliphatic heterocycles. The van der Waals surface area contributed by atoms with Gasteiger partial charge in [0.2, 0.25) is 5.95 Å². The van der Waals surface area contributed by atoms with Crippen LogP contribution in [0.2, 0.25) is 0 Å². The van der Waals surface area contributed by atoms with E-state index in [1.807, 2.05) is 42.5 Å². The Bertz CT molecular complexity index is 807. The van der Waals surface area contributed by atoms with E-state index in [-0.39, 0.29) is 5.56 Å². The Balaban J connectivity index is 1.90. The average Bonchev–Trinajstić information content (AvgIpc) is 2.90. The molecule has 0 saturated heterocycles. The highest BCUT2D eigenvalue weighted by Gasteiger charge is 2.19. The van der Waals surface area contributed by atoms with Crippen LogP contribution in [-0.4, -0.2) is 9.78 Å². The summed E-state index contributed by atoms with van der Waals surface area (Å²) in [6, 6.07) is 20.7. The predicted molar refractivity (Wildman–Crippen MR) is 84.2 cm³/mol. The monoisotopic (exact) mass is 309 g/mol. The lowest BCUT2D eigenvalue weighted by molar-refractivity contribution is 0.533. The van der Waals surface area contributed by atoms with Crippen LogP contribution in [0.25, 0.3) is 5.69 Å². The molecule has 0 atom stereocenters. The highest BCUT2D eigenvalue weighted by Crippen LogP contribution is 2.27. The lowest BCUT2D eigenvalue weighted by Crippen LogP contribution is -1.99. The van der Waals surface area contributed by atoms with Crippen molar-refractivity contribution in [3.8, 4) is 11.8 Å². The molecule has 0 N–H and O–H groups in total. The summed E-state index contributed by atoms with van der Waals surface area (Å²) in [7, 11) is 0. The van der Waals surface area contributed by atoms with Crippen molar-refractivity contribution in [2.24, 2.45) is 0 Å². The van der Waals surface area contributed by atoms with E-state index in [2.05, 4.69) is 5.10 Å². The lowest BCUT2D eigenvalue weighted by atomic mass is 10.2. The van der Waals surface area contributed by atoms with E-state index in [1.165, 1.54) is 16.4 Å². The first kappa shape index (κ1) is 14.4. The summed E-state index contributed by atoms with van der Waals surface area (Å²) < 4.78 is 15.5. The van der Waals surface area contributed by atoms with Crippen LogP contribution in [0, 0.1) is 17.3 Å². The zero-order chi connectivity index (χ0) is 15.4. The van der Waals surface area contributed by atoms with E-state index in [0.717, 1.165) is 5.56 Å². The van der Waals surface area contributed by atoms with E-state index in [4.69, 9.17) is 0 Å². The fourth-order valence-corrected chi connectivity index (χ4v) is 2.95. The average molecular weight is 309 g/mol. The molecule has 0 aliphatic carbocycles. The molecule has 0 amide bonds. The Morgan fingerprint density at radius 1 is 1.05 bits per heavy atom. The van der Waals surface area contributed by atoms with E-state index >= 15 is 0 Å². The van der Waals surface area contributed by atoms with Crippen molar-refractivity contribution in [3.63, 3.8) is 0 Å². The van der Waals surface area contributed by atoms with Gasteiger partial charge in [-0.3, -0.25) is 0 Å². The molecule has 0 unspecified atom stereocenters. The SMILES string of the molecule is N#Cc1c(SCc2ccccc2)nn(-c2ccccc2)c1F. The maximum atomic E-state index is 14.4. The van der Waals surface area contributed by atoms with E-state index in [0.29, 0.717) is 16.5 Å². The highest BCUT2D eigenvalue weighted by molar-refractivity contribution is 7.98. The summed E-state index contributed by atoms with van der Waals surface area (Å²) in [5, 5.41) is 13.9. The van der Waals surface area contributed by atoms with Gasteiger partial charge < -0.3 is 0 Å². The standard InChI is InChI=1S/C17H12FN3S/c18-16-15(11-19)17(22-12-13-7-3-1-4-8-13)20-21(16)14-9-5-2-6-10-14/h1-10H,12H2. The maximum Gasteiger partial charge on any atom is 0.235 e. The van der Waals surface area contributed by atoms with Crippen LogP contribution in [0.3, 0.4) is 0 Å². The number of benzene rings is 2. The van der Waals surface area contributed by atoms with Crippen molar-refractivity contribution in [1.29, 1.82) is 5.26 Å². The molecule has 3 nitrogen and oxygen atoms in total. The maximum absolute atomic E-state index is 14.4. The first-order chi connectivity index (χ1) is 10.8. The molecule has 1 aromatic heterocycles. The van der Waals surface area contributed by atoms with Gasteiger partial charge in [-0.1, -0.05) is 60.3 Å². The summed E-state index contributed by atoms with van der Waals surface area (Å²) in [4.78, 5) is 0. The summed E-state index contributed by atoms with van der Waals surface area (Å²) in [6.45, 7) is 0. The topological polar surface area (TPSA) is 41.6 Å². The fourth-order valence-electron chi connectivity index (χ4n) is 2.04. The molecule has 0 fully saturated rings. The van der Waals surface area contributed by atoms with Crippen LogP contribution in [0.15, 0.2) is 65.7 Å². The second kappa shape index (κ2) is 6.46. The Kier molecular flexibility index (Phi) is 4.22. The molecule has 0 bridgehead atoms. The van der Waals surface area contributed by atoms with Crippen LogP contribution in [0.1, 0.15) is 11.1 Å². The number of aromatic nitrogens is 2. The highest BCUT2D eigenvalue weighted by atomic mass is 32.2. The number of nitriles is 1. The predicted octanol–water partition coefficient (Wildman–Crippen LogP) is 4.18. The van der Waals surface area contributed by atoms with Gasteiger partial charge in [0.25, 0.3) is 0 Å². The molecule has 0 spiro atoms. The number of halogens is 1. The fraction of sp³-hybridized carbons (Fsp3) is 0.0588. The number of rotatable bonds is 4. The third-order valence-electron chi connectivity index (χ3n) is 3.13. The van der Waals surface area contributed by atoms with Crippen LogP contribution in [-0.2, 0) is 5.75 Å². The molecule has 3 rings (SSSR count). The van der Waals surface area contributed by atoms with Crippen molar-refractivity contribution in [2.75, 3.05) is 0 Å². The van der Waals surface area contributed by atoms with Gasteiger partial charge in [-0.25, -0.2) is 4.68 Å². The first-order valence-corrected chi connectivity index (χ1v) is 7.69. The minimum absolute atomic E-state index is 0.00946. The molecular weight excluding hydrogens is 297 g/mol. The van der Waals surface area contributed by atoms with Crippen molar-refractivity contribution in [2.45, 2.75) is 10.8 Å². The van der Waals surface area contributed by atoms with Gasteiger partial charge in [-0.05, 0) is 17.7 Å². The summed E-state index contributed by atoms with van der Waals surface area (Å²) in [6.07, 6.45) is 0. The largest absolute Gasteiger partial charge is 0.235 e. The minimum atomic E-state index is -0.621. The van der Waals surface area contributed by atoms with Gasteiger partial charge in [0.05, 0.1) is 5.69 Å². The van der Waals surface area contributed by atoms with E-state index < -0.39 is 5.95 Å². The molecule has 5 heteroatoms. The minimum Gasteiger partial charge on any atom is -0.204 e. The van der Waals surface area contributed by atoms with Crippen LogP contribution < -0.4 is 0 Å². The number of para-hydroxylation sites is 1. The molecule has 0 radical (unpaired) electrons. The second-order valence-electron chi connectivity index (χ2n) is 4.60. The molecular formula is C17H12FN3S. The number of hydrogen-bond donors (Lipinski definition) is 0. The number of nitrogens with zero attached hydrogens (tertiary/aromatic N) is 3. The molecule has 22 heavy (non-hydrogen) atoms. The van der Waals surface area contributed by atoms with Crippen LogP contribution >= 0.6 is 11.8 Å². The van der Waals surface area contributed by atoms with Gasteiger partial charge in [0, 0.05) is 5.75 Å². The van der Waals surface area contributed by atoms with Crippen LogP contribution in [0.4, 0.5) is 4.39 Å². The van der Waals surface area contributed by atoms with Crippen molar-refractivity contribution >= 4 is 11.8 Å². The van der Waals surface area contributed by atoms with Crippen LogP contribution in [0.5, 0.6) is 0 Å². The Morgan fingerprint density at radius 3 is 2.32 bits per heavy atom. The first-order valence-electron chi connectivity index (χ1n) is 6.70. The zero-order valence-corrected chi connectivity index (χ0v) is 12.4. The molecule has 2 aromatic carbocycles. The lowest BCUT2D eigenvalue weighted by Gasteiger charge is -2.00. The normalized spacial score (nSPS) is 10.4. The zero-order valence-electron chi connectivity index (χ0n) is 11.6. The van der Waals surface area contributed by atoms with E-state index in [9.17, 15) is 9.65 Å². The molecule has 108 valence electrons. The quantitative estimate of drug-likeness (QED) is 0.679. The summed E-state index contributed by atoms with van der Waals surface area (Å²) >= 11 is 1.36. The third-order valence-corrected chi connectivity index (χ3v) is 4.16. The van der Waals surface area contributed by atoms with Gasteiger partial charge >= 0.3 is 0 Å². The molecule has 3 aromatic rings. The van der Waals surface area contributed by atoms with Crippen molar-refractivity contribution in [3.05, 3.63) is 77.7 Å². The van der Waals surface area contributed by atoms with Crippen molar-refractivity contribution < 1.29 is 4.39 Å². The molecule has 1 heterocycles. The third kappa shape index (κ3) is 2.87. The van der Waals surface area contributed by atoms with Gasteiger partial charge in [-0.2, -0.15) is 14.8 Å². The second-order valence-corrected chi connectivity index (χ2v) is 5.57. The number of thioether (sulfide) groups is 1. The Morgan fingerprint density at radius 2 is 1.68 bits per heavy atom. The van der Waals surface area contributed by atoms with E-state index in [1.54, 1.807) is 24.3 Å². The van der Waals surface area contributed by atoms with Gasteiger partial charge in [0.15, 0.2) is 0 Å². The summed E-state index contributed by atoms with van der Waals surface area (Å²) in [5.41, 5.74) is 1.69. The number of hydrogen-bond acceptors (Lipinski definition) is 3. The smallest absolute Gasteiger partial charge is 0.204 e. The Hall–Kier alpha value is -2.58.